The minimum atomic E-state index is -0.952. The summed E-state index contributed by atoms with van der Waals surface area (Å²) in [6.45, 7) is 2.35. The molecule has 0 spiro atoms. The molecule has 0 aliphatic carbocycles. The van der Waals surface area contributed by atoms with Gasteiger partial charge in [0.05, 0.1) is 0 Å². The number of amides is 2. The van der Waals surface area contributed by atoms with Gasteiger partial charge in [-0.1, -0.05) is 0 Å². The summed E-state index contributed by atoms with van der Waals surface area (Å²) in [7, 11) is 1.78. The number of carbonyl (C=O) groups excluding carboxylic acids is 1. The number of likely N-dealkylation sites (tertiary alicyclic amines) is 1. The first-order chi connectivity index (χ1) is 8.99. The molecule has 2 N–H and O–H groups in total. The fraction of sp³-hybridized carbons (Fsp3) is 0.583. The van der Waals surface area contributed by atoms with E-state index in [2.05, 4.69) is 10.4 Å². The number of aliphatic carboxylic acids is 1. The van der Waals surface area contributed by atoms with Crippen molar-refractivity contribution >= 4 is 17.8 Å². The summed E-state index contributed by atoms with van der Waals surface area (Å²) in [4.78, 5) is 24.6. The summed E-state index contributed by atoms with van der Waals surface area (Å²) in [6, 6.07) is 0.612. The molecule has 1 saturated heterocycles. The summed E-state index contributed by atoms with van der Waals surface area (Å²) in [5.74, 6) is -0.508. The van der Waals surface area contributed by atoms with Gasteiger partial charge in [-0.25, -0.2) is 9.59 Å². The lowest BCUT2D eigenvalue weighted by molar-refractivity contribution is -0.143. The average Bonchev–Trinajstić information content (AvgIpc) is 2.68. The highest BCUT2D eigenvalue weighted by molar-refractivity contribution is 5.91. The fourth-order valence-corrected chi connectivity index (χ4v) is 2.23. The predicted molar refractivity (Wildman–Crippen MR) is 68.9 cm³/mol. The second-order valence-electron chi connectivity index (χ2n) is 4.77. The molecule has 0 saturated carbocycles. The number of carboxylic acid groups (broad SMARTS) is 1. The van der Waals surface area contributed by atoms with Gasteiger partial charge in [0.15, 0.2) is 5.82 Å². The zero-order valence-electron chi connectivity index (χ0n) is 11.1. The number of piperidine rings is 1. The first-order valence-corrected chi connectivity index (χ1v) is 6.30. The van der Waals surface area contributed by atoms with E-state index in [0.717, 1.165) is 18.5 Å². The molecule has 7 nitrogen and oxygen atoms in total. The lowest BCUT2D eigenvalue weighted by atomic mass is 10.0. The van der Waals surface area contributed by atoms with E-state index in [1.54, 1.807) is 17.8 Å². The second-order valence-corrected chi connectivity index (χ2v) is 4.77. The summed E-state index contributed by atoms with van der Waals surface area (Å²) >= 11 is 0. The molecule has 1 fully saturated rings. The highest BCUT2D eigenvalue weighted by Crippen LogP contribution is 2.18. The lowest BCUT2D eigenvalue weighted by Gasteiger charge is -2.32. The summed E-state index contributed by atoms with van der Waals surface area (Å²) in [6.07, 6.45) is 2.17. The molecule has 7 heteroatoms. The predicted octanol–water partition coefficient (Wildman–Crippen LogP) is 1.20. The largest absolute Gasteiger partial charge is 0.480 e. The molecule has 1 aromatic rings. The maximum absolute atomic E-state index is 12.1. The summed E-state index contributed by atoms with van der Waals surface area (Å²) in [5.41, 5.74) is 0.920. The topological polar surface area (TPSA) is 87.5 Å². The van der Waals surface area contributed by atoms with E-state index < -0.39 is 18.0 Å². The van der Waals surface area contributed by atoms with E-state index in [-0.39, 0.29) is 0 Å². The number of hydrogen-bond donors (Lipinski definition) is 2. The zero-order chi connectivity index (χ0) is 14.0. The van der Waals surface area contributed by atoms with Crippen molar-refractivity contribution in [2.24, 2.45) is 7.05 Å². The standard InChI is InChI=1S/C12H18N4O3/c1-8-7-10(14-15(8)2)13-12(19)16-6-4-3-5-9(16)11(17)18/h7,9H,3-6H2,1-2H3,(H,17,18)(H,13,14,19). The van der Waals surface area contributed by atoms with E-state index >= 15 is 0 Å². The van der Waals surface area contributed by atoms with Crippen molar-refractivity contribution in [2.75, 3.05) is 11.9 Å². The van der Waals surface area contributed by atoms with Crippen molar-refractivity contribution in [3.05, 3.63) is 11.8 Å². The Morgan fingerprint density at radius 3 is 2.79 bits per heavy atom. The Hall–Kier alpha value is -2.05. The minimum Gasteiger partial charge on any atom is -0.480 e. The number of anilines is 1. The highest BCUT2D eigenvalue weighted by Gasteiger charge is 2.32. The smallest absolute Gasteiger partial charge is 0.326 e. The molecule has 0 bridgehead atoms. The molecular weight excluding hydrogens is 248 g/mol. The maximum atomic E-state index is 12.1. The molecule has 1 atom stereocenters. The third-order valence-electron chi connectivity index (χ3n) is 3.40. The number of carbonyl (C=O) groups is 2. The van der Waals surface area contributed by atoms with E-state index in [1.165, 1.54) is 4.90 Å². The third-order valence-corrected chi connectivity index (χ3v) is 3.40. The van der Waals surface area contributed by atoms with Gasteiger partial charge in [0, 0.05) is 25.4 Å². The molecule has 1 unspecified atom stereocenters. The maximum Gasteiger partial charge on any atom is 0.326 e. The van der Waals surface area contributed by atoms with Crippen LogP contribution in [0, 0.1) is 6.92 Å². The SMILES string of the molecule is Cc1cc(NC(=O)N2CCCCC2C(=O)O)nn1C. The molecule has 1 aromatic heterocycles. The van der Waals surface area contributed by atoms with Crippen LogP contribution in [0.5, 0.6) is 0 Å². The van der Waals surface area contributed by atoms with Crippen LogP contribution >= 0.6 is 0 Å². The van der Waals surface area contributed by atoms with Crippen LogP contribution in [0.2, 0.25) is 0 Å². The van der Waals surface area contributed by atoms with Crippen molar-refractivity contribution in [3.63, 3.8) is 0 Å². The van der Waals surface area contributed by atoms with Crippen LogP contribution in [0.3, 0.4) is 0 Å². The van der Waals surface area contributed by atoms with Crippen molar-refractivity contribution in [3.8, 4) is 0 Å². The molecular formula is C12H18N4O3. The number of carboxylic acids is 1. The van der Waals surface area contributed by atoms with Gasteiger partial charge in [-0.05, 0) is 26.2 Å². The van der Waals surface area contributed by atoms with Gasteiger partial charge in [-0.15, -0.1) is 0 Å². The average molecular weight is 266 g/mol. The lowest BCUT2D eigenvalue weighted by Crippen LogP contribution is -2.49. The van der Waals surface area contributed by atoms with Crippen LogP contribution in [0.15, 0.2) is 6.07 Å². The van der Waals surface area contributed by atoms with Crippen LogP contribution in [0.4, 0.5) is 10.6 Å². The number of urea groups is 1. The Bertz CT molecular complexity index is 478. The number of aromatic nitrogens is 2. The first-order valence-electron chi connectivity index (χ1n) is 6.30. The van der Waals surface area contributed by atoms with Crippen molar-refractivity contribution < 1.29 is 14.7 Å². The molecule has 2 rings (SSSR count). The number of nitrogens with one attached hydrogen (secondary N) is 1. The third kappa shape index (κ3) is 2.86. The van der Waals surface area contributed by atoms with Gasteiger partial charge in [-0.3, -0.25) is 10.00 Å². The molecule has 2 amide bonds. The number of nitrogens with zero attached hydrogens (tertiary/aromatic N) is 3. The van der Waals surface area contributed by atoms with Gasteiger partial charge in [-0.2, -0.15) is 5.10 Å². The molecule has 0 aromatic carbocycles. The van der Waals surface area contributed by atoms with Gasteiger partial charge in [0.1, 0.15) is 6.04 Å². The van der Waals surface area contributed by atoms with E-state index in [0.29, 0.717) is 18.8 Å². The molecule has 19 heavy (non-hydrogen) atoms. The minimum absolute atomic E-state index is 0.398. The summed E-state index contributed by atoms with van der Waals surface area (Å²) < 4.78 is 1.65. The Morgan fingerprint density at radius 1 is 1.47 bits per heavy atom. The van der Waals surface area contributed by atoms with Gasteiger partial charge < -0.3 is 10.0 Å². The second kappa shape index (κ2) is 5.29. The molecule has 104 valence electrons. The Morgan fingerprint density at radius 2 is 2.21 bits per heavy atom. The van der Waals surface area contributed by atoms with Gasteiger partial charge in [0.2, 0.25) is 0 Å². The Kier molecular flexibility index (Phi) is 3.73. The summed E-state index contributed by atoms with van der Waals surface area (Å²) in [5, 5.41) is 15.9. The molecule has 2 heterocycles. The van der Waals surface area contributed by atoms with Gasteiger partial charge >= 0.3 is 12.0 Å². The van der Waals surface area contributed by atoms with Crippen LogP contribution in [0.25, 0.3) is 0 Å². The Labute approximate surface area is 111 Å². The molecule has 1 aliphatic heterocycles. The van der Waals surface area contributed by atoms with Crippen LogP contribution in [-0.4, -0.2) is 44.4 Å². The van der Waals surface area contributed by atoms with E-state index in [1.807, 2.05) is 6.92 Å². The highest BCUT2D eigenvalue weighted by atomic mass is 16.4. The van der Waals surface area contributed by atoms with E-state index in [4.69, 9.17) is 5.11 Å². The van der Waals surface area contributed by atoms with E-state index in [9.17, 15) is 9.59 Å². The quantitative estimate of drug-likeness (QED) is 0.842. The normalized spacial score (nSPS) is 19.3. The van der Waals surface area contributed by atoms with Gasteiger partial charge in [0.25, 0.3) is 0 Å². The van der Waals surface area contributed by atoms with Crippen LogP contribution in [0.1, 0.15) is 25.0 Å². The zero-order valence-corrected chi connectivity index (χ0v) is 11.1. The van der Waals surface area contributed by atoms with Crippen LogP contribution < -0.4 is 5.32 Å². The number of aryl methyl sites for hydroxylation is 2. The van der Waals surface area contributed by atoms with Crippen molar-refractivity contribution in [1.29, 1.82) is 0 Å². The molecule has 1 aliphatic rings. The first kappa shape index (κ1) is 13.4. The van der Waals surface area contributed by atoms with Crippen molar-refractivity contribution in [1.82, 2.24) is 14.7 Å². The Balaban J connectivity index is 2.07. The number of rotatable bonds is 2. The van der Waals surface area contributed by atoms with Crippen molar-refractivity contribution in [2.45, 2.75) is 32.2 Å². The monoisotopic (exact) mass is 266 g/mol. The molecule has 0 radical (unpaired) electrons. The van der Waals surface area contributed by atoms with Crippen LogP contribution in [-0.2, 0) is 11.8 Å². The fourth-order valence-electron chi connectivity index (χ4n) is 2.23. The number of hydrogen-bond acceptors (Lipinski definition) is 3.